The molecule has 1 aliphatic heterocycles. The Labute approximate surface area is 80.4 Å². The fourth-order valence-electron chi connectivity index (χ4n) is 1.14. The molecule has 1 aromatic rings. The van der Waals surface area contributed by atoms with Crippen molar-refractivity contribution in [1.82, 2.24) is 9.97 Å². The van der Waals surface area contributed by atoms with Gasteiger partial charge in [0.05, 0.1) is 29.6 Å². The number of hydrogen-bond acceptors (Lipinski definition) is 5. The summed E-state index contributed by atoms with van der Waals surface area (Å²) >= 11 is 1.53. The van der Waals surface area contributed by atoms with E-state index in [0.717, 1.165) is 5.03 Å². The van der Waals surface area contributed by atoms with Crippen molar-refractivity contribution >= 4 is 11.8 Å². The predicted octanol–water partition coefficient (Wildman–Crippen LogP) is 0.328. The van der Waals surface area contributed by atoms with Gasteiger partial charge in [0.1, 0.15) is 6.33 Å². The Morgan fingerprint density at radius 1 is 1.54 bits per heavy atom. The summed E-state index contributed by atoms with van der Waals surface area (Å²) in [6, 6.07) is 1.83. The number of thioether (sulfide) groups is 1. The molecular formula is C8H10N2O2S. The van der Waals surface area contributed by atoms with Crippen molar-refractivity contribution in [3.05, 3.63) is 18.6 Å². The minimum Gasteiger partial charge on any atom is -0.389 e. The van der Waals surface area contributed by atoms with E-state index in [1.165, 1.54) is 18.1 Å². The summed E-state index contributed by atoms with van der Waals surface area (Å²) in [5, 5.41) is 10.4. The first kappa shape index (κ1) is 8.93. The van der Waals surface area contributed by atoms with Crippen LogP contribution < -0.4 is 0 Å². The fraction of sp³-hybridized carbons (Fsp3) is 0.500. The summed E-state index contributed by atoms with van der Waals surface area (Å²) in [5.41, 5.74) is 0. The van der Waals surface area contributed by atoms with E-state index in [-0.39, 0.29) is 11.4 Å². The summed E-state index contributed by atoms with van der Waals surface area (Å²) in [6.45, 7) is 1.03. The van der Waals surface area contributed by atoms with Crippen LogP contribution in [0.15, 0.2) is 23.6 Å². The highest BCUT2D eigenvalue weighted by Gasteiger charge is 2.27. The molecule has 4 nitrogen and oxygen atoms in total. The monoisotopic (exact) mass is 198 g/mol. The van der Waals surface area contributed by atoms with Crippen molar-refractivity contribution in [2.75, 3.05) is 13.2 Å². The summed E-state index contributed by atoms with van der Waals surface area (Å²) in [6.07, 6.45) is 2.82. The first-order chi connectivity index (χ1) is 6.36. The molecule has 0 amide bonds. The Kier molecular flexibility index (Phi) is 2.77. The summed E-state index contributed by atoms with van der Waals surface area (Å²) in [5.74, 6) is 0. The predicted molar refractivity (Wildman–Crippen MR) is 48.5 cm³/mol. The number of hydrogen-bond donors (Lipinski definition) is 1. The standard InChI is InChI=1S/C8H10N2O2S/c11-6-3-12-4-7(6)13-8-1-2-9-5-10-8/h1-2,5-7,11H,3-4H2. The van der Waals surface area contributed by atoms with Crippen LogP contribution >= 0.6 is 11.8 Å². The van der Waals surface area contributed by atoms with Gasteiger partial charge in [-0.1, -0.05) is 11.8 Å². The number of ether oxygens (including phenoxy) is 1. The topological polar surface area (TPSA) is 55.2 Å². The van der Waals surface area contributed by atoms with Crippen molar-refractivity contribution in [2.24, 2.45) is 0 Å². The highest BCUT2D eigenvalue weighted by molar-refractivity contribution is 8.00. The molecule has 2 unspecified atom stereocenters. The molecule has 1 N–H and O–H groups in total. The number of aliphatic hydroxyl groups excluding tert-OH is 1. The van der Waals surface area contributed by atoms with Crippen LogP contribution in [0.4, 0.5) is 0 Å². The van der Waals surface area contributed by atoms with Crippen molar-refractivity contribution in [3.63, 3.8) is 0 Å². The molecule has 0 saturated carbocycles. The lowest BCUT2D eigenvalue weighted by Crippen LogP contribution is -2.19. The van der Waals surface area contributed by atoms with Crippen LogP contribution in [0.25, 0.3) is 0 Å². The van der Waals surface area contributed by atoms with E-state index in [0.29, 0.717) is 13.2 Å². The molecule has 2 heterocycles. The molecule has 0 aliphatic carbocycles. The van der Waals surface area contributed by atoms with Gasteiger partial charge in [-0.05, 0) is 6.07 Å². The van der Waals surface area contributed by atoms with Gasteiger partial charge < -0.3 is 9.84 Å². The van der Waals surface area contributed by atoms with Crippen LogP contribution in [-0.4, -0.2) is 39.6 Å². The third-order valence-corrected chi connectivity index (χ3v) is 3.06. The van der Waals surface area contributed by atoms with Crippen molar-refractivity contribution in [1.29, 1.82) is 0 Å². The van der Waals surface area contributed by atoms with Crippen LogP contribution in [0.5, 0.6) is 0 Å². The molecule has 1 aliphatic rings. The van der Waals surface area contributed by atoms with Crippen LogP contribution in [-0.2, 0) is 4.74 Å². The molecule has 5 heteroatoms. The van der Waals surface area contributed by atoms with Gasteiger partial charge in [0.2, 0.25) is 0 Å². The van der Waals surface area contributed by atoms with E-state index in [1.807, 2.05) is 6.07 Å². The van der Waals surface area contributed by atoms with E-state index in [9.17, 15) is 5.11 Å². The van der Waals surface area contributed by atoms with Crippen molar-refractivity contribution in [2.45, 2.75) is 16.4 Å². The van der Waals surface area contributed by atoms with Crippen molar-refractivity contribution < 1.29 is 9.84 Å². The molecule has 70 valence electrons. The Hall–Kier alpha value is -0.650. The summed E-state index contributed by atoms with van der Waals surface area (Å²) < 4.78 is 5.13. The lowest BCUT2D eigenvalue weighted by Gasteiger charge is -2.09. The molecular weight excluding hydrogens is 188 g/mol. The van der Waals surface area contributed by atoms with Crippen LogP contribution in [0.1, 0.15) is 0 Å². The third kappa shape index (κ3) is 2.18. The van der Waals surface area contributed by atoms with E-state index in [4.69, 9.17) is 4.74 Å². The fourth-order valence-corrected chi connectivity index (χ4v) is 2.10. The molecule has 0 aromatic carbocycles. The number of nitrogens with zero attached hydrogens (tertiary/aromatic N) is 2. The largest absolute Gasteiger partial charge is 0.389 e. The maximum Gasteiger partial charge on any atom is 0.116 e. The Morgan fingerprint density at radius 3 is 3.08 bits per heavy atom. The van der Waals surface area contributed by atoms with Gasteiger partial charge in [0, 0.05) is 6.20 Å². The van der Waals surface area contributed by atoms with Crippen LogP contribution in [0.2, 0.25) is 0 Å². The summed E-state index contributed by atoms with van der Waals surface area (Å²) in [4.78, 5) is 7.88. The van der Waals surface area contributed by atoms with E-state index in [1.54, 1.807) is 6.20 Å². The molecule has 0 bridgehead atoms. The average molecular weight is 198 g/mol. The van der Waals surface area contributed by atoms with Gasteiger partial charge in [-0.15, -0.1) is 0 Å². The van der Waals surface area contributed by atoms with Gasteiger partial charge in [-0.25, -0.2) is 9.97 Å². The average Bonchev–Trinajstić information content (AvgIpc) is 2.54. The van der Waals surface area contributed by atoms with Gasteiger partial charge in [0.25, 0.3) is 0 Å². The summed E-state index contributed by atoms with van der Waals surface area (Å²) in [7, 11) is 0. The van der Waals surface area contributed by atoms with Gasteiger partial charge in [0.15, 0.2) is 0 Å². The van der Waals surface area contributed by atoms with E-state index < -0.39 is 0 Å². The van der Waals surface area contributed by atoms with E-state index >= 15 is 0 Å². The minimum absolute atomic E-state index is 0.106. The quantitative estimate of drug-likeness (QED) is 0.694. The lowest BCUT2D eigenvalue weighted by atomic mass is 10.3. The number of rotatable bonds is 2. The molecule has 1 aromatic heterocycles. The van der Waals surface area contributed by atoms with Crippen molar-refractivity contribution in [3.8, 4) is 0 Å². The SMILES string of the molecule is OC1COCC1Sc1ccncn1. The normalized spacial score (nSPS) is 27.8. The molecule has 1 fully saturated rings. The Bertz CT molecular complexity index is 270. The Balaban J connectivity index is 1.98. The first-order valence-corrected chi connectivity index (χ1v) is 4.93. The Morgan fingerprint density at radius 2 is 2.46 bits per heavy atom. The second kappa shape index (κ2) is 4.04. The van der Waals surface area contributed by atoms with Crippen LogP contribution in [0, 0.1) is 0 Å². The highest BCUT2D eigenvalue weighted by Crippen LogP contribution is 2.26. The van der Waals surface area contributed by atoms with Gasteiger partial charge in [-0.3, -0.25) is 0 Å². The smallest absolute Gasteiger partial charge is 0.116 e. The van der Waals surface area contributed by atoms with E-state index in [2.05, 4.69) is 9.97 Å². The molecule has 2 atom stereocenters. The molecule has 2 rings (SSSR count). The molecule has 1 saturated heterocycles. The van der Waals surface area contributed by atoms with Crippen LogP contribution in [0.3, 0.4) is 0 Å². The minimum atomic E-state index is -0.375. The second-order valence-corrected chi connectivity index (χ2v) is 4.07. The second-order valence-electron chi connectivity index (χ2n) is 2.81. The zero-order valence-corrected chi connectivity index (χ0v) is 7.78. The lowest BCUT2D eigenvalue weighted by molar-refractivity contribution is 0.127. The maximum atomic E-state index is 9.46. The zero-order chi connectivity index (χ0) is 9.10. The zero-order valence-electron chi connectivity index (χ0n) is 6.96. The third-order valence-electron chi connectivity index (χ3n) is 1.83. The molecule has 0 radical (unpaired) electrons. The molecule has 13 heavy (non-hydrogen) atoms. The first-order valence-electron chi connectivity index (χ1n) is 4.05. The molecule has 0 spiro atoms. The number of aromatic nitrogens is 2. The van der Waals surface area contributed by atoms with Gasteiger partial charge in [-0.2, -0.15) is 0 Å². The highest BCUT2D eigenvalue weighted by atomic mass is 32.2. The number of aliphatic hydroxyl groups is 1. The maximum absolute atomic E-state index is 9.46. The van der Waals surface area contributed by atoms with Gasteiger partial charge >= 0.3 is 0 Å².